The molecule has 1 aromatic rings. The largest absolute Gasteiger partial charge is 0.497 e. The number of halogens is 1. The van der Waals surface area contributed by atoms with E-state index in [0.717, 1.165) is 23.2 Å². The number of methoxy groups -OCH3 is 1. The van der Waals surface area contributed by atoms with Crippen LogP contribution in [0.25, 0.3) is 0 Å². The van der Waals surface area contributed by atoms with Crippen molar-refractivity contribution in [3.63, 3.8) is 0 Å². The summed E-state index contributed by atoms with van der Waals surface area (Å²) < 4.78 is 6.48. The third kappa shape index (κ3) is 4.62. The lowest BCUT2D eigenvalue weighted by atomic mass is 10.0. The number of ether oxygens (including phenoxy) is 1. The molecular weight excluding hydrogens is 290 g/mol. The molecule has 0 aliphatic rings. The topological polar surface area (TPSA) is 21.3 Å². The third-order valence-electron chi connectivity index (χ3n) is 3.07. The average Bonchev–Trinajstić information content (AvgIpc) is 2.40. The molecule has 1 unspecified atom stereocenters. The van der Waals surface area contributed by atoms with Gasteiger partial charge in [0.1, 0.15) is 5.75 Å². The van der Waals surface area contributed by atoms with Gasteiger partial charge in [-0.2, -0.15) is 0 Å². The molecule has 2 nitrogen and oxygen atoms in total. The molecule has 1 atom stereocenters. The molecule has 3 heteroatoms. The van der Waals surface area contributed by atoms with Crippen molar-refractivity contribution in [2.45, 2.75) is 45.6 Å². The number of nitrogens with one attached hydrogen (secondary N) is 1. The van der Waals surface area contributed by atoms with Crippen molar-refractivity contribution in [1.82, 2.24) is 5.32 Å². The number of rotatable bonds is 8. The molecule has 102 valence electrons. The van der Waals surface area contributed by atoms with Gasteiger partial charge in [-0.25, -0.2) is 0 Å². The Kier molecular flexibility index (Phi) is 7.36. The van der Waals surface area contributed by atoms with Gasteiger partial charge in [-0.15, -0.1) is 0 Å². The summed E-state index contributed by atoms with van der Waals surface area (Å²) >= 11 is 3.65. The lowest BCUT2D eigenvalue weighted by Gasteiger charge is -2.20. The Balaban J connectivity index is 2.87. The summed E-state index contributed by atoms with van der Waals surface area (Å²) in [5.41, 5.74) is 1.30. The molecule has 0 bridgehead atoms. The summed E-state index contributed by atoms with van der Waals surface area (Å²) in [6.45, 7) is 5.49. The van der Waals surface area contributed by atoms with Gasteiger partial charge in [0.15, 0.2) is 0 Å². The van der Waals surface area contributed by atoms with Gasteiger partial charge in [-0.05, 0) is 43.1 Å². The van der Waals surface area contributed by atoms with Crippen LogP contribution in [0.5, 0.6) is 5.75 Å². The Morgan fingerprint density at radius 3 is 2.67 bits per heavy atom. The zero-order chi connectivity index (χ0) is 13.4. The zero-order valence-electron chi connectivity index (χ0n) is 11.6. The lowest BCUT2D eigenvalue weighted by Crippen LogP contribution is -2.22. The van der Waals surface area contributed by atoms with Crippen LogP contribution in [0.3, 0.4) is 0 Å². The number of hydrogen-bond acceptors (Lipinski definition) is 2. The second-order valence-corrected chi connectivity index (χ2v) is 5.39. The monoisotopic (exact) mass is 313 g/mol. The predicted molar refractivity (Wildman–Crippen MR) is 81.3 cm³/mol. The maximum absolute atomic E-state index is 5.32. The van der Waals surface area contributed by atoms with E-state index in [-0.39, 0.29) is 0 Å². The van der Waals surface area contributed by atoms with Crippen LogP contribution in [0.2, 0.25) is 0 Å². The van der Waals surface area contributed by atoms with E-state index in [1.165, 1.54) is 24.8 Å². The van der Waals surface area contributed by atoms with Crippen molar-refractivity contribution >= 4 is 15.9 Å². The molecule has 0 aliphatic heterocycles. The highest BCUT2D eigenvalue weighted by molar-refractivity contribution is 9.10. The van der Waals surface area contributed by atoms with Crippen LogP contribution in [0.1, 0.15) is 51.1 Å². The first-order valence-corrected chi connectivity index (χ1v) is 7.59. The molecule has 0 saturated heterocycles. The van der Waals surface area contributed by atoms with E-state index < -0.39 is 0 Å². The highest BCUT2D eigenvalue weighted by Gasteiger charge is 2.14. The van der Waals surface area contributed by atoms with Crippen molar-refractivity contribution in [1.29, 1.82) is 0 Å². The van der Waals surface area contributed by atoms with E-state index in [0.29, 0.717) is 6.04 Å². The normalized spacial score (nSPS) is 12.4. The molecule has 0 fully saturated rings. The maximum atomic E-state index is 5.32. The van der Waals surface area contributed by atoms with Crippen LogP contribution < -0.4 is 10.1 Å². The van der Waals surface area contributed by atoms with Crippen LogP contribution in [-0.4, -0.2) is 13.7 Å². The van der Waals surface area contributed by atoms with E-state index in [9.17, 15) is 0 Å². The second kappa shape index (κ2) is 8.54. The van der Waals surface area contributed by atoms with Crippen LogP contribution in [0, 0.1) is 0 Å². The number of unbranched alkanes of at least 4 members (excludes halogenated alkanes) is 1. The SMILES string of the molecule is CCCCC(NCCC)c1cc(OC)ccc1Br. The Hall–Kier alpha value is -0.540. The Morgan fingerprint density at radius 1 is 1.28 bits per heavy atom. The lowest BCUT2D eigenvalue weighted by molar-refractivity contribution is 0.411. The van der Waals surface area contributed by atoms with Crippen LogP contribution in [0.15, 0.2) is 22.7 Å². The minimum Gasteiger partial charge on any atom is -0.497 e. The maximum Gasteiger partial charge on any atom is 0.119 e. The van der Waals surface area contributed by atoms with Gasteiger partial charge in [0.25, 0.3) is 0 Å². The molecule has 0 saturated carbocycles. The summed E-state index contributed by atoms with van der Waals surface area (Å²) in [5, 5.41) is 3.63. The number of hydrogen-bond donors (Lipinski definition) is 1. The molecule has 0 radical (unpaired) electrons. The molecule has 0 aromatic heterocycles. The third-order valence-corrected chi connectivity index (χ3v) is 3.79. The fraction of sp³-hybridized carbons (Fsp3) is 0.600. The molecular formula is C15H24BrNO. The van der Waals surface area contributed by atoms with Crippen LogP contribution in [0.4, 0.5) is 0 Å². The molecule has 18 heavy (non-hydrogen) atoms. The van der Waals surface area contributed by atoms with E-state index in [1.807, 2.05) is 6.07 Å². The molecule has 1 rings (SSSR count). The van der Waals surface area contributed by atoms with Gasteiger partial charge in [-0.1, -0.05) is 42.6 Å². The summed E-state index contributed by atoms with van der Waals surface area (Å²) in [6.07, 6.45) is 4.80. The zero-order valence-corrected chi connectivity index (χ0v) is 13.2. The van der Waals surface area contributed by atoms with Crippen LogP contribution >= 0.6 is 15.9 Å². The molecule has 0 heterocycles. The summed E-state index contributed by atoms with van der Waals surface area (Å²) in [4.78, 5) is 0. The molecule has 0 spiro atoms. The second-order valence-electron chi connectivity index (χ2n) is 4.54. The van der Waals surface area contributed by atoms with E-state index in [1.54, 1.807) is 7.11 Å². The van der Waals surface area contributed by atoms with Gasteiger partial charge >= 0.3 is 0 Å². The number of benzene rings is 1. The Morgan fingerprint density at radius 2 is 2.06 bits per heavy atom. The summed E-state index contributed by atoms with van der Waals surface area (Å²) in [7, 11) is 1.72. The molecule has 1 aromatic carbocycles. The predicted octanol–water partition coefficient (Wildman–Crippen LogP) is 4.69. The van der Waals surface area contributed by atoms with Crippen molar-refractivity contribution in [2.24, 2.45) is 0 Å². The smallest absolute Gasteiger partial charge is 0.119 e. The Labute approximate surface area is 119 Å². The first-order valence-electron chi connectivity index (χ1n) is 6.79. The minimum atomic E-state index is 0.411. The van der Waals surface area contributed by atoms with Gasteiger partial charge in [0.05, 0.1) is 7.11 Å². The molecule has 0 amide bonds. The molecule has 1 N–H and O–H groups in total. The van der Waals surface area contributed by atoms with Gasteiger partial charge in [0, 0.05) is 10.5 Å². The minimum absolute atomic E-state index is 0.411. The quantitative estimate of drug-likeness (QED) is 0.751. The van der Waals surface area contributed by atoms with E-state index in [4.69, 9.17) is 4.74 Å². The fourth-order valence-corrected chi connectivity index (χ4v) is 2.53. The van der Waals surface area contributed by atoms with Crippen LogP contribution in [-0.2, 0) is 0 Å². The van der Waals surface area contributed by atoms with E-state index >= 15 is 0 Å². The summed E-state index contributed by atoms with van der Waals surface area (Å²) in [6, 6.07) is 6.60. The fourth-order valence-electron chi connectivity index (χ4n) is 2.01. The van der Waals surface area contributed by atoms with Crippen molar-refractivity contribution in [3.8, 4) is 5.75 Å². The Bertz CT molecular complexity index is 346. The summed E-state index contributed by atoms with van der Waals surface area (Å²) in [5.74, 6) is 0.924. The standard InChI is InChI=1S/C15H24BrNO/c1-4-6-7-15(17-10-5-2)13-11-12(18-3)8-9-14(13)16/h8-9,11,15,17H,4-7,10H2,1-3H3. The van der Waals surface area contributed by atoms with Crippen molar-refractivity contribution in [3.05, 3.63) is 28.2 Å². The first-order chi connectivity index (χ1) is 8.72. The van der Waals surface area contributed by atoms with Crippen molar-refractivity contribution in [2.75, 3.05) is 13.7 Å². The first kappa shape index (κ1) is 15.5. The van der Waals surface area contributed by atoms with Gasteiger partial charge in [0.2, 0.25) is 0 Å². The molecule has 0 aliphatic carbocycles. The van der Waals surface area contributed by atoms with E-state index in [2.05, 4.69) is 47.2 Å². The average molecular weight is 314 g/mol. The highest BCUT2D eigenvalue weighted by Crippen LogP contribution is 2.30. The van der Waals surface area contributed by atoms with Gasteiger partial charge in [-0.3, -0.25) is 0 Å². The van der Waals surface area contributed by atoms with Crippen molar-refractivity contribution < 1.29 is 4.74 Å². The van der Waals surface area contributed by atoms with Gasteiger partial charge < -0.3 is 10.1 Å². The highest BCUT2D eigenvalue weighted by atomic mass is 79.9.